The fourth-order valence-electron chi connectivity index (χ4n) is 0.854. The Kier molecular flexibility index (Phi) is 7.60. The van der Waals surface area contributed by atoms with Crippen molar-refractivity contribution in [2.45, 2.75) is 13.0 Å². The summed E-state index contributed by atoms with van der Waals surface area (Å²) in [4.78, 5) is 33.1. The molecule has 0 amide bonds. The van der Waals surface area contributed by atoms with Gasteiger partial charge in [-0.25, -0.2) is 14.4 Å². The van der Waals surface area contributed by atoms with Crippen LogP contribution in [-0.2, 0) is 28.6 Å². The lowest BCUT2D eigenvalue weighted by atomic mass is 10.3. The van der Waals surface area contributed by atoms with Crippen molar-refractivity contribution in [3.8, 4) is 0 Å². The van der Waals surface area contributed by atoms with Crippen LogP contribution in [-0.4, -0.2) is 37.2 Å². The summed E-state index contributed by atoms with van der Waals surface area (Å²) in [5.74, 6) is -2.02. The molecule has 0 aliphatic rings. The monoisotopic (exact) mass is 268 g/mol. The van der Waals surface area contributed by atoms with Crippen LogP contribution in [0.5, 0.6) is 0 Å². The number of rotatable bonds is 8. The van der Waals surface area contributed by atoms with E-state index in [1.165, 1.54) is 6.92 Å². The van der Waals surface area contributed by atoms with Crippen molar-refractivity contribution in [3.63, 3.8) is 0 Å². The van der Waals surface area contributed by atoms with Gasteiger partial charge in [-0.1, -0.05) is 19.7 Å². The van der Waals surface area contributed by atoms with Gasteiger partial charge in [-0.15, -0.1) is 0 Å². The Balaban J connectivity index is 4.40. The van der Waals surface area contributed by atoms with Gasteiger partial charge in [0.15, 0.2) is 6.10 Å². The van der Waals surface area contributed by atoms with Gasteiger partial charge in [0.1, 0.15) is 13.2 Å². The molecule has 0 aromatic heterocycles. The molecule has 1 unspecified atom stereocenters. The molecule has 104 valence electrons. The normalized spacial score (nSPS) is 10.8. The average molecular weight is 268 g/mol. The molecule has 0 N–H and O–H groups in total. The molecule has 0 fully saturated rings. The first-order valence-corrected chi connectivity index (χ1v) is 5.35. The Morgan fingerprint density at radius 1 is 1.05 bits per heavy atom. The van der Waals surface area contributed by atoms with E-state index in [1.54, 1.807) is 0 Å². The standard InChI is InChI=1S/C13H16O6/c1-5-11(14)17-7-10(19-12(15)6-2)8-18-13(16)9(3)4/h5-6,10H,1-3,7-8H2,4H3. The Labute approximate surface area is 111 Å². The third-order valence-corrected chi connectivity index (χ3v) is 1.78. The molecule has 0 rings (SSSR count). The van der Waals surface area contributed by atoms with E-state index in [2.05, 4.69) is 19.7 Å². The lowest BCUT2D eigenvalue weighted by molar-refractivity contribution is -0.160. The Hall–Kier alpha value is -2.37. The van der Waals surface area contributed by atoms with Gasteiger partial charge >= 0.3 is 17.9 Å². The first-order chi connectivity index (χ1) is 8.90. The molecule has 6 heteroatoms. The van der Waals surface area contributed by atoms with Crippen molar-refractivity contribution in [1.29, 1.82) is 0 Å². The Morgan fingerprint density at radius 2 is 1.58 bits per heavy atom. The average Bonchev–Trinajstić information content (AvgIpc) is 2.40. The maximum atomic E-state index is 11.2. The molecule has 0 aliphatic carbocycles. The van der Waals surface area contributed by atoms with E-state index in [1.807, 2.05) is 0 Å². The molecule has 0 saturated heterocycles. The molecule has 0 saturated carbocycles. The fourth-order valence-corrected chi connectivity index (χ4v) is 0.854. The highest BCUT2D eigenvalue weighted by Crippen LogP contribution is 2.00. The van der Waals surface area contributed by atoms with Crippen molar-refractivity contribution in [2.75, 3.05) is 13.2 Å². The molecule has 0 aromatic carbocycles. The van der Waals surface area contributed by atoms with Gasteiger partial charge in [-0.05, 0) is 6.92 Å². The molecule has 0 aromatic rings. The predicted octanol–water partition coefficient (Wildman–Crippen LogP) is 0.933. The fraction of sp³-hybridized carbons (Fsp3) is 0.308. The van der Waals surface area contributed by atoms with E-state index in [4.69, 9.17) is 14.2 Å². The molecule has 0 heterocycles. The van der Waals surface area contributed by atoms with E-state index >= 15 is 0 Å². The smallest absolute Gasteiger partial charge is 0.333 e. The van der Waals surface area contributed by atoms with Gasteiger partial charge in [-0.2, -0.15) is 0 Å². The van der Waals surface area contributed by atoms with Crippen molar-refractivity contribution < 1.29 is 28.6 Å². The third kappa shape index (κ3) is 7.54. The van der Waals surface area contributed by atoms with Gasteiger partial charge in [0.25, 0.3) is 0 Å². The highest BCUT2D eigenvalue weighted by atomic mass is 16.6. The van der Waals surface area contributed by atoms with Crippen molar-refractivity contribution >= 4 is 17.9 Å². The Morgan fingerprint density at radius 3 is 2.05 bits per heavy atom. The van der Waals surface area contributed by atoms with E-state index in [0.29, 0.717) is 0 Å². The van der Waals surface area contributed by atoms with Crippen LogP contribution in [0, 0.1) is 0 Å². The summed E-state index contributed by atoms with van der Waals surface area (Å²) in [6.07, 6.45) is 0.993. The van der Waals surface area contributed by atoms with Gasteiger partial charge in [-0.3, -0.25) is 0 Å². The van der Waals surface area contributed by atoms with Crippen LogP contribution in [0.25, 0.3) is 0 Å². The highest BCUT2D eigenvalue weighted by Gasteiger charge is 2.17. The number of esters is 3. The highest BCUT2D eigenvalue weighted by molar-refractivity contribution is 5.87. The predicted molar refractivity (Wildman–Crippen MR) is 67.0 cm³/mol. The maximum Gasteiger partial charge on any atom is 0.333 e. The minimum atomic E-state index is -0.919. The van der Waals surface area contributed by atoms with E-state index in [9.17, 15) is 14.4 Å². The Bertz CT molecular complexity index is 396. The van der Waals surface area contributed by atoms with E-state index in [-0.39, 0.29) is 18.8 Å². The van der Waals surface area contributed by atoms with Crippen molar-refractivity contribution in [1.82, 2.24) is 0 Å². The summed E-state index contributed by atoms with van der Waals surface area (Å²) >= 11 is 0. The van der Waals surface area contributed by atoms with E-state index < -0.39 is 24.0 Å². The largest absolute Gasteiger partial charge is 0.458 e. The topological polar surface area (TPSA) is 78.9 Å². The number of carbonyl (C=O) groups is 3. The second-order valence-corrected chi connectivity index (χ2v) is 3.48. The van der Waals surface area contributed by atoms with Crippen LogP contribution in [0.2, 0.25) is 0 Å². The molecule has 0 aliphatic heterocycles. The lowest BCUT2D eigenvalue weighted by Gasteiger charge is -2.16. The summed E-state index contributed by atoms with van der Waals surface area (Å²) in [7, 11) is 0. The van der Waals surface area contributed by atoms with Crippen molar-refractivity contribution in [2.24, 2.45) is 0 Å². The number of carbonyl (C=O) groups excluding carboxylic acids is 3. The van der Waals surface area contributed by atoms with Crippen LogP contribution in [0.3, 0.4) is 0 Å². The van der Waals surface area contributed by atoms with Gasteiger partial charge in [0.2, 0.25) is 0 Å². The molecular weight excluding hydrogens is 252 g/mol. The summed E-state index contributed by atoms with van der Waals surface area (Å²) < 4.78 is 14.4. The van der Waals surface area contributed by atoms with E-state index in [0.717, 1.165) is 12.2 Å². The quantitative estimate of drug-likeness (QED) is 0.370. The number of ether oxygens (including phenoxy) is 3. The molecule has 0 radical (unpaired) electrons. The third-order valence-electron chi connectivity index (χ3n) is 1.78. The number of hydrogen-bond donors (Lipinski definition) is 0. The summed E-state index contributed by atoms with van der Waals surface area (Å²) in [5, 5.41) is 0. The second kappa shape index (κ2) is 8.68. The molecule has 19 heavy (non-hydrogen) atoms. The summed E-state index contributed by atoms with van der Waals surface area (Å²) in [6, 6.07) is 0. The molecule has 0 bridgehead atoms. The van der Waals surface area contributed by atoms with Crippen LogP contribution in [0.15, 0.2) is 37.5 Å². The van der Waals surface area contributed by atoms with Gasteiger partial charge in [0.05, 0.1) is 0 Å². The zero-order valence-corrected chi connectivity index (χ0v) is 10.7. The molecular formula is C13H16O6. The van der Waals surface area contributed by atoms with Crippen LogP contribution in [0.1, 0.15) is 6.92 Å². The SMILES string of the molecule is C=CC(=O)OCC(COC(=O)C(=C)C)OC(=O)C=C. The zero-order valence-electron chi connectivity index (χ0n) is 10.7. The molecule has 0 spiro atoms. The number of hydrogen-bond acceptors (Lipinski definition) is 6. The van der Waals surface area contributed by atoms with Crippen molar-refractivity contribution in [3.05, 3.63) is 37.5 Å². The second-order valence-electron chi connectivity index (χ2n) is 3.48. The minimum Gasteiger partial charge on any atom is -0.458 e. The first-order valence-electron chi connectivity index (χ1n) is 5.35. The summed E-state index contributed by atoms with van der Waals surface area (Å²) in [6.45, 7) is 10.8. The first kappa shape index (κ1) is 16.6. The summed E-state index contributed by atoms with van der Waals surface area (Å²) in [5.41, 5.74) is 0.205. The molecule has 6 nitrogen and oxygen atoms in total. The lowest BCUT2D eigenvalue weighted by Crippen LogP contribution is -2.30. The zero-order chi connectivity index (χ0) is 14.8. The van der Waals surface area contributed by atoms with Crippen LogP contribution >= 0.6 is 0 Å². The van der Waals surface area contributed by atoms with Gasteiger partial charge in [0, 0.05) is 17.7 Å². The molecule has 1 atom stereocenters. The maximum absolute atomic E-state index is 11.2. The van der Waals surface area contributed by atoms with Gasteiger partial charge < -0.3 is 14.2 Å². The minimum absolute atomic E-state index is 0.205. The van der Waals surface area contributed by atoms with Crippen LogP contribution < -0.4 is 0 Å². The van der Waals surface area contributed by atoms with Crippen LogP contribution in [0.4, 0.5) is 0 Å².